The molecule has 1 N–H and O–H groups in total. The van der Waals surface area contributed by atoms with E-state index in [1.165, 1.54) is 12.3 Å². The zero-order valence-corrected chi connectivity index (χ0v) is 17.0. The first-order chi connectivity index (χ1) is 14.5. The fraction of sp³-hybridized carbons (Fsp3) is 0.0833. The van der Waals surface area contributed by atoms with E-state index >= 15 is 0 Å². The van der Waals surface area contributed by atoms with Gasteiger partial charge in [-0.05, 0) is 36.8 Å². The van der Waals surface area contributed by atoms with Crippen molar-refractivity contribution in [3.63, 3.8) is 0 Å². The van der Waals surface area contributed by atoms with Crippen LogP contribution >= 0.6 is 11.6 Å². The van der Waals surface area contributed by atoms with Crippen LogP contribution in [0.2, 0.25) is 5.02 Å². The van der Waals surface area contributed by atoms with Crippen LogP contribution in [0.5, 0.6) is 0 Å². The summed E-state index contributed by atoms with van der Waals surface area (Å²) in [5, 5.41) is 3.15. The predicted molar refractivity (Wildman–Crippen MR) is 118 cm³/mol. The molecule has 0 spiro atoms. The van der Waals surface area contributed by atoms with Crippen molar-refractivity contribution in [2.45, 2.75) is 13.5 Å². The summed E-state index contributed by atoms with van der Waals surface area (Å²) in [5.74, 6) is -0.0997. The number of hydrogen-bond acceptors (Lipinski definition) is 3. The summed E-state index contributed by atoms with van der Waals surface area (Å²) in [6.07, 6.45) is 1.52. The molecule has 1 amide bonds. The molecule has 4 rings (SSSR count). The largest absolute Gasteiger partial charge is 0.463 e. The van der Waals surface area contributed by atoms with E-state index in [1.54, 1.807) is 36.4 Å². The molecule has 0 aliphatic heterocycles. The van der Waals surface area contributed by atoms with E-state index in [-0.39, 0.29) is 11.0 Å². The van der Waals surface area contributed by atoms with Crippen LogP contribution in [0.15, 0.2) is 88.3 Å². The van der Waals surface area contributed by atoms with Gasteiger partial charge in [0.25, 0.3) is 5.91 Å². The number of pyridine rings is 1. The molecule has 150 valence electrons. The number of rotatable bonds is 5. The van der Waals surface area contributed by atoms with Crippen LogP contribution in [0.3, 0.4) is 0 Å². The van der Waals surface area contributed by atoms with Crippen molar-refractivity contribution in [3.8, 4) is 11.5 Å². The second kappa shape index (κ2) is 8.43. The van der Waals surface area contributed by atoms with Crippen LogP contribution in [0.1, 0.15) is 21.6 Å². The molecule has 5 nitrogen and oxygen atoms in total. The number of halogens is 1. The predicted octanol–water partition coefficient (Wildman–Crippen LogP) is 5.37. The summed E-state index contributed by atoms with van der Waals surface area (Å²) < 4.78 is 7.52. The highest BCUT2D eigenvalue weighted by atomic mass is 35.5. The minimum Gasteiger partial charge on any atom is -0.463 e. The fourth-order valence-corrected chi connectivity index (χ4v) is 3.56. The number of carbonyl (C=O) groups excluding carboxylic acids is 1. The van der Waals surface area contributed by atoms with Gasteiger partial charge in [0.15, 0.2) is 11.2 Å². The van der Waals surface area contributed by atoms with Gasteiger partial charge in [-0.25, -0.2) is 0 Å². The second-order valence-corrected chi connectivity index (χ2v) is 7.26. The van der Waals surface area contributed by atoms with Crippen molar-refractivity contribution in [1.29, 1.82) is 0 Å². The third kappa shape index (κ3) is 3.93. The lowest BCUT2D eigenvalue weighted by Crippen LogP contribution is -2.27. The van der Waals surface area contributed by atoms with Gasteiger partial charge in [-0.2, -0.15) is 0 Å². The third-order valence-corrected chi connectivity index (χ3v) is 5.14. The number of para-hydroxylation sites is 1. The minimum absolute atomic E-state index is 0.00593. The first-order valence-corrected chi connectivity index (χ1v) is 9.80. The molecule has 0 aliphatic carbocycles. The molecule has 0 saturated heterocycles. The van der Waals surface area contributed by atoms with Crippen LogP contribution in [-0.2, 0) is 6.54 Å². The Hall–Kier alpha value is -3.57. The van der Waals surface area contributed by atoms with Crippen molar-refractivity contribution >= 4 is 23.2 Å². The second-order valence-electron chi connectivity index (χ2n) is 6.86. The number of benzene rings is 2. The Bertz CT molecular complexity index is 1250. The zero-order chi connectivity index (χ0) is 21.1. The van der Waals surface area contributed by atoms with E-state index in [0.717, 1.165) is 11.3 Å². The Morgan fingerprint density at radius 3 is 2.47 bits per heavy atom. The topological polar surface area (TPSA) is 64.2 Å². The monoisotopic (exact) mass is 418 g/mol. The summed E-state index contributed by atoms with van der Waals surface area (Å²) in [5.41, 5.74) is 2.25. The molecule has 2 aromatic heterocycles. The van der Waals surface area contributed by atoms with E-state index in [9.17, 15) is 9.59 Å². The third-order valence-electron chi connectivity index (χ3n) is 4.81. The van der Waals surface area contributed by atoms with Gasteiger partial charge in [-0.15, -0.1) is 0 Å². The number of aromatic nitrogens is 1. The van der Waals surface area contributed by atoms with Crippen LogP contribution < -0.4 is 10.7 Å². The van der Waals surface area contributed by atoms with E-state index < -0.39 is 5.91 Å². The molecule has 0 radical (unpaired) electrons. The number of aryl methyl sites for hydroxylation is 1. The number of nitrogens with zero attached hydrogens (tertiary/aromatic N) is 1. The highest BCUT2D eigenvalue weighted by molar-refractivity contribution is 6.34. The molecule has 0 aliphatic rings. The van der Waals surface area contributed by atoms with Crippen molar-refractivity contribution < 1.29 is 9.21 Å². The molecule has 0 fully saturated rings. The quantitative estimate of drug-likeness (QED) is 0.473. The number of amides is 1. The first kappa shape index (κ1) is 19.7. The van der Waals surface area contributed by atoms with Crippen LogP contribution in [0.25, 0.3) is 11.5 Å². The van der Waals surface area contributed by atoms with Gasteiger partial charge >= 0.3 is 0 Å². The summed E-state index contributed by atoms with van der Waals surface area (Å²) in [7, 11) is 0. The molecule has 0 atom stereocenters. The van der Waals surface area contributed by atoms with E-state index in [2.05, 4.69) is 5.32 Å². The number of anilines is 1. The molecule has 0 bridgehead atoms. The maximum atomic E-state index is 13.2. The highest BCUT2D eigenvalue weighted by Crippen LogP contribution is 2.27. The van der Waals surface area contributed by atoms with E-state index in [0.29, 0.717) is 28.7 Å². The summed E-state index contributed by atoms with van der Waals surface area (Å²) in [6.45, 7) is 2.32. The standard InChI is InChI=1S/C24H19ClN2O3/c1-16-14-20(28)22(24(29)26-19-11-6-5-10-18(19)25)23(21-12-7-13-30-21)27(16)15-17-8-3-2-4-9-17/h2-14H,15H2,1H3,(H,26,29). The van der Waals surface area contributed by atoms with Crippen LogP contribution in [0.4, 0.5) is 5.69 Å². The molecule has 6 heteroatoms. The molecule has 0 unspecified atom stereocenters. The van der Waals surface area contributed by atoms with E-state index in [4.69, 9.17) is 16.0 Å². The van der Waals surface area contributed by atoms with Gasteiger partial charge in [-0.1, -0.05) is 54.1 Å². The SMILES string of the molecule is Cc1cc(=O)c(C(=O)Nc2ccccc2Cl)c(-c2ccco2)n1Cc1ccccc1. The van der Waals surface area contributed by atoms with Crippen LogP contribution in [0, 0.1) is 6.92 Å². The lowest BCUT2D eigenvalue weighted by Gasteiger charge is -2.19. The smallest absolute Gasteiger partial charge is 0.261 e. The fourth-order valence-electron chi connectivity index (χ4n) is 3.37. The molecule has 0 saturated carbocycles. The van der Waals surface area contributed by atoms with Crippen molar-refractivity contribution in [3.05, 3.63) is 111 Å². The van der Waals surface area contributed by atoms with Crippen molar-refractivity contribution in [2.24, 2.45) is 0 Å². The molecule has 2 aromatic carbocycles. The Labute approximate surface area is 178 Å². The van der Waals surface area contributed by atoms with E-state index in [1.807, 2.05) is 41.8 Å². The number of nitrogens with one attached hydrogen (secondary N) is 1. The number of furan rings is 1. The van der Waals surface area contributed by atoms with Gasteiger partial charge < -0.3 is 14.3 Å². The van der Waals surface area contributed by atoms with Gasteiger partial charge in [0.05, 0.1) is 17.0 Å². The van der Waals surface area contributed by atoms with Crippen molar-refractivity contribution in [2.75, 3.05) is 5.32 Å². The number of carbonyl (C=O) groups is 1. The Morgan fingerprint density at radius 1 is 1.03 bits per heavy atom. The minimum atomic E-state index is -0.540. The average molecular weight is 419 g/mol. The van der Waals surface area contributed by atoms with Crippen molar-refractivity contribution in [1.82, 2.24) is 4.57 Å². The normalized spacial score (nSPS) is 10.7. The van der Waals surface area contributed by atoms with Gasteiger partial charge in [0, 0.05) is 18.3 Å². The molecule has 30 heavy (non-hydrogen) atoms. The maximum Gasteiger partial charge on any atom is 0.261 e. The summed E-state index contributed by atoms with van der Waals surface area (Å²) >= 11 is 6.18. The molecule has 4 aromatic rings. The lowest BCUT2D eigenvalue weighted by atomic mass is 10.1. The Balaban J connectivity index is 1.87. The molecular weight excluding hydrogens is 400 g/mol. The summed E-state index contributed by atoms with van der Waals surface area (Å²) in [6, 6.07) is 21.6. The molecular formula is C24H19ClN2O3. The average Bonchev–Trinajstić information content (AvgIpc) is 3.26. The highest BCUT2D eigenvalue weighted by Gasteiger charge is 2.24. The summed E-state index contributed by atoms with van der Waals surface area (Å²) in [4.78, 5) is 26.1. The molecule has 2 heterocycles. The Kier molecular flexibility index (Phi) is 5.55. The van der Waals surface area contributed by atoms with Gasteiger partial charge in [0.1, 0.15) is 11.3 Å². The lowest BCUT2D eigenvalue weighted by molar-refractivity contribution is 0.102. The zero-order valence-electron chi connectivity index (χ0n) is 16.3. The van der Waals surface area contributed by atoms with Gasteiger partial charge in [0.2, 0.25) is 0 Å². The Morgan fingerprint density at radius 2 is 1.77 bits per heavy atom. The first-order valence-electron chi connectivity index (χ1n) is 9.42. The maximum absolute atomic E-state index is 13.2. The number of hydrogen-bond donors (Lipinski definition) is 1. The van der Waals surface area contributed by atoms with Gasteiger partial charge in [-0.3, -0.25) is 9.59 Å². The van der Waals surface area contributed by atoms with Crippen LogP contribution in [-0.4, -0.2) is 10.5 Å².